The third-order valence-electron chi connectivity index (χ3n) is 4.18. The van der Waals surface area contributed by atoms with Gasteiger partial charge in [-0.15, -0.1) is 0 Å². The summed E-state index contributed by atoms with van der Waals surface area (Å²) in [6, 6.07) is 11.9. The Kier molecular flexibility index (Phi) is 6.34. The molecule has 1 amide bonds. The van der Waals surface area contributed by atoms with E-state index in [9.17, 15) is 4.79 Å². The first-order chi connectivity index (χ1) is 13.0. The van der Waals surface area contributed by atoms with E-state index in [-0.39, 0.29) is 11.4 Å². The summed E-state index contributed by atoms with van der Waals surface area (Å²) in [6.45, 7) is 2.12. The highest BCUT2D eigenvalue weighted by atomic mass is 79.9. The van der Waals surface area contributed by atoms with Gasteiger partial charge in [0.2, 0.25) is 0 Å². The van der Waals surface area contributed by atoms with Crippen LogP contribution in [0, 0.1) is 0 Å². The molecule has 0 saturated carbocycles. The van der Waals surface area contributed by atoms with Crippen LogP contribution in [0.4, 0.5) is 5.69 Å². The molecule has 0 aromatic heterocycles. The van der Waals surface area contributed by atoms with Crippen LogP contribution in [0.25, 0.3) is 6.08 Å². The number of halogens is 1. The first-order valence-corrected chi connectivity index (χ1v) is 10.2. The average molecular weight is 449 g/mol. The van der Waals surface area contributed by atoms with Gasteiger partial charge in [-0.1, -0.05) is 46.7 Å². The zero-order chi connectivity index (χ0) is 19.4. The molecule has 1 aliphatic heterocycles. The van der Waals surface area contributed by atoms with Crippen LogP contribution in [0.2, 0.25) is 0 Å². The maximum absolute atomic E-state index is 12.4. The number of hydrogen-bond donors (Lipinski definition) is 2. The quantitative estimate of drug-likeness (QED) is 0.630. The van der Waals surface area contributed by atoms with Gasteiger partial charge in [-0.05, 0) is 47.9 Å². The Morgan fingerprint density at radius 2 is 1.85 bits per heavy atom. The zero-order valence-corrected chi connectivity index (χ0v) is 17.7. The van der Waals surface area contributed by atoms with Crippen LogP contribution in [0.15, 0.2) is 45.8 Å². The minimum Gasteiger partial charge on any atom is -0.493 e. The van der Waals surface area contributed by atoms with Crippen molar-refractivity contribution in [3.05, 3.63) is 56.9 Å². The highest BCUT2D eigenvalue weighted by molar-refractivity contribution is 9.10. The monoisotopic (exact) mass is 448 g/mol. The predicted octanol–water partition coefficient (Wildman–Crippen LogP) is 4.63. The molecule has 0 aliphatic carbocycles. The molecule has 2 aromatic rings. The molecule has 0 spiro atoms. The van der Waals surface area contributed by atoms with Gasteiger partial charge in [-0.2, -0.15) is 0 Å². The van der Waals surface area contributed by atoms with Crippen molar-refractivity contribution in [1.82, 2.24) is 5.32 Å². The first kappa shape index (κ1) is 19.6. The number of carbonyl (C=O) groups excluding carboxylic acids is 1. The highest BCUT2D eigenvalue weighted by Gasteiger charge is 2.27. The molecule has 5 nitrogen and oxygen atoms in total. The Labute approximate surface area is 171 Å². The van der Waals surface area contributed by atoms with Crippen LogP contribution in [0.3, 0.4) is 0 Å². The molecule has 27 heavy (non-hydrogen) atoms. The SMILES string of the molecule is CCc1ccc(N[C@@H]2NC(=O)/C(=C/c3cc(OC)c(OC)cc3Br)S2)cc1. The third-order valence-corrected chi connectivity index (χ3v) is 5.90. The molecule has 1 atom stereocenters. The Balaban J connectivity index is 1.76. The summed E-state index contributed by atoms with van der Waals surface area (Å²) in [5.41, 5.74) is 2.88. The van der Waals surface area contributed by atoms with Gasteiger partial charge in [0.25, 0.3) is 5.91 Å². The van der Waals surface area contributed by atoms with Gasteiger partial charge in [0.1, 0.15) is 0 Å². The predicted molar refractivity (Wildman–Crippen MR) is 114 cm³/mol. The third kappa shape index (κ3) is 4.59. The van der Waals surface area contributed by atoms with E-state index >= 15 is 0 Å². The lowest BCUT2D eigenvalue weighted by Gasteiger charge is -2.13. The van der Waals surface area contributed by atoms with Crippen molar-refractivity contribution in [2.75, 3.05) is 19.5 Å². The Morgan fingerprint density at radius 1 is 1.19 bits per heavy atom. The molecule has 1 aliphatic rings. The molecule has 0 bridgehead atoms. The lowest BCUT2D eigenvalue weighted by molar-refractivity contribution is -0.116. The van der Waals surface area contributed by atoms with Crippen molar-refractivity contribution in [1.29, 1.82) is 0 Å². The minimum atomic E-state index is -0.213. The number of aryl methyl sites for hydroxylation is 1. The second-order valence-electron chi connectivity index (χ2n) is 5.90. The van der Waals surface area contributed by atoms with Crippen LogP contribution >= 0.6 is 27.7 Å². The topological polar surface area (TPSA) is 59.6 Å². The normalized spacial score (nSPS) is 17.7. The van der Waals surface area contributed by atoms with E-state index in [1.165, 1.54) is 17.3 Å². The zero-order valence-electron chi connectivity index (χ0n) is 15.3. The van der Waals surface area contributed by atoms with E-state index in [0.717, 1.165) is 22.1 Å². The smallest absolute Gasteiger partial charge is 0.260 e. The number of methoxy groups -OCH3 is 2. The standard InChI is InChI=1S/C20H21BrN2O3S/c1-4-12-5-7-14(8-6-12)22-20-23-19(24)18(27-20)10-13-9-16(25-2)17(26-3)11-15(13)21/h5-11,20,22H,4H2,1-3H3,(H,23,24)/b18-10-/t20-/m1/s1. The fraction of sp³-hybridized carbons (Fsp3) is 0.250. The number of rotatable bonds is 6. The molecule has 1 saturated heterocycles. The van der Waals surface area contributed by atoms with Crippen molar-refractivity contribution >= 4 is 45.4 Å². The summed E-state index contributed by atoms with van der Waals surface area (Å²) < 4.78 is 11.5. The van der Waals surface area contributed by atoms with Gasteiger partial charge in [-0.25, -0.2) is 0 Å². The van der Waals surface area contributed by atoms with Crippen molar-refractivity contribution in [2.45, 2.75) is 18.8 Å². The van der Waals surface area contributed by atoms with Gasteiger partial charge in [0.15, 0.2) is 17.0 Å². The molecule has 2 aromatic carbocycles. The van der Waals surface area contributed by atoms with Gasteiger partial charge in [0.05, 0.1) is 19.1 Å². The molecule has 1 fully saturated rings. The summed E-state index contributed by atoms with van der Waals surface area (Å²) in [5.74, 6) is 1.14. The van der Waals surface area contributed by atoms with Crippen molar-refractivity contribution in [3.8, 4) is 11.5 Å². The summed E-state index contributed by atoms with van der Waals surface area (Å²) in [4.78, 5) is 13.0. The minimum absolute atomic E-state index is 0.107. The number of hydrogen-bond acceptors (Lipinski definition) is 5. The summed E-state index contributed by atoms with van der Waals surface area (Å²) in [6.07, 6.45) is 2.84. The maximum Gasteiger partial charge on any atom is 0.260 e. The molecule has 3 rings (SSSR count). The number of thioether (sulfide) groups is 1. The van der Waals surface area contributed by atoms with E-state index < -0.39 is 0 Å². The lowest BCUT2D eigenvalue weighted by Crippen LogP contribution is -2.30. The maximum atomic E-state index is 12.4. The van der Waals surface area contributed by atoms with Crippen molar-refractivity contribution in [2.24, 2.45) is 0 Å². The molecule has 1 heterocycles. The van der Waals surface area contributed by atoms with Gasteiger partial charge < -0.3 is 20.1 Å². The molecule has 142 valence electrons. The molecule has 2 N–H and O–H groups in total. The number of amides is 1. The Morgan fingerprint density at radius 3 is 2.48 bits per heavy atom. The van der Waals surface area contributed by atoms with Crippen LogP contribution in [-0.2, 0) is 11.2 Å². The Hall–Kier alpha value is -2.12. The fourth-order valence-corrected chi connectivity index (χ4v) is 4.09. The van der Waals surface area contributed by atoms with Gasteiger partial charge >= 0.3 is 0 Å². The molecular formula is C20H21BrN2O3S. The van der Waals surface area contributed by atoms with E-state index in [1.54, 1.807) is 14.2 Å². The summed E-state index contributed by atoms with van der Waals surface area (Å²) in [7, 11) is 3.18. The van der Waals surface area contributed by atoms with E-state index in [1.807, 2.05) is 30.3 Å². The van der Waals surface area contributed by atoms with Crippen LogP contribution in [0.1, 0.15) is 18.1 Å². The van der Waals surface area contributed by atoms with Crippen LogP contribution in [-0.4, -0.2) is 25.6 Å². The largest absolute Gasteiger partial charge is 0.493 e. The van der Waals surface area contributed by atoms with Crippen molar-refractivity contribution < 1.29 is 14.3 Å². The van der Waals surface area contributed by atoms with Crippen LogP contribution < -0.4 is 20.1 Å². The average Bonchev–Trinajstić information content (AvgIpc) is 3.02. The number of anilines is 1. The lowest BCUT2D eigenvalue weighted by atomic mass is 10.1. The fourth-order valence-electron chi connectivity index (χ4n) is 2.68. The van der Waals surface area contributed by atoms with E-state index in [4.69, 9.17) is 9.47 Å². The summed E-state index contributed by atoms with van der Waals surface area (Å²) >= 11 is 4.97. The molecule has 0 radical (unpaired) electrons. The number of nitrogens with one attached hydrogen (secondary N) is 2. The van der Waals surface area contributed by atoms with Gasteiger partial charge in [0, 0.05) is 10.2 Å². The Bertz CT molecular complexity index is 868. The van der Waals surface area contributed by atoms with E-state index in [0.29, 0.717) is 16.4 Å². The second-order valence-corrected chi connectivity index (χ2v) is 7.90. The molecular weight excluding hydrogens is 428 g/mol. The number of ether oxygens (including phenoxy) is 2. The molecule has 0 unspecified atom stereocenters. The van der Waals surface area contributed by atoms with Crippen LogP contribution in [0.5, 0.6) is 11.5 Å². The van der Waals surface area contributed by atoms with Gasteiger partial charge in [-0.3, -0.25) is 4.79 Å². The second kappa shape index (κ2) is 8.71. The first-order valence-electron chi connectivity index (χ1n) is 8.50. The molecule has 7 heteroatoms. The van der Waals surface area contributed by atoms with Crippen molar-refractivity contribution in [3.63, 3.8) is 0 Å². The summed E-state index contributed by atoms with van der Waals surface area (Å²) in [5, 5.41) is 6.27. The highest BCUT2D eigenvalue weighted by Crippen LogP contribution is 2.37. The number of benzene rings is 2. The number of carbonyl (C=O) groups is 1. The van der Waals surface area contributed by atoms with E-state index in [2.05, 4.69) is 45.6 Å².